The van der Waals surface area contributed by atoms with E-state index < -0.39 is 40.4 Å². The fourth-order valence-electron chi connectivity index (χ4n) is 3.34. The third-order valence-electron chi connectivity index (χ3n) is 4.90. The van der Waals surface area contributed by atoms with Crippen molar-refractivity contribution in [1.82, 2.24) is 4.31 Å². The van der Waals surface area contributed by atoms with Gasteiger partial charge in [0.15, 0.2) is 0 Å². The van der Waals surface area contributed by atoms with Gasteiger partial charge < -0.3 is 14.6 Å². The monoisotopic (exact) mass is 439 g/mol. The molecule has 1 N–H and O–H groups in total. The molecule has 1 aromatic rings. The molecule has 0 unspecified atom stereocenters. The lowest BCUT2D eigenvalue weighted by molar-refractivity contribution is -0.136. The second-order valence-corrected chi connectivity index (χ2v) is 9.68. The SMILES string of the molecule is CCN([C@H]1c2cc(OCCCC(F)(F)F)ccc2OC(C)(C)[C@@H]1O)S(=O)(=O)CC. The molecule has 29 heavy (non-hydrogen) atoms. The summed E-state index contributed by atoms with van der Waals surface area (Å²) >= 11 is 0. The summed E-state index contributed by atoms with van der Waals surface area (Å²) < 4.78 is 74.6. The summed E-state index contributed by atoms with van der Waals surface area (Å²) in [6.45, 7) is 6.55. The molecule has 1 heterocycles. The van der Waals surface area contributed by atoms with Crippen LogP contribution >= 0.6 is 0 Å². The van der Waals surface area contributed by atoms with Crippen molar-refractivity contribution in [1.29, 1.82) is 0 Å². The predicted octanol–water partition coefficient (Wildman–Crippen LogP) is 3.65. The number of hydrogen-bond acceptors (Lipinski definition) is 5. The number of sulfonamides is 1. The van der Waals surface area contributed by atoms with Gasteiger partial charge in [-0.2, -0.15) is 17.5 Å². The Morgan fingerprint density at radius 1 is 1.28 bits per heavy atom. The van der Waals surface area contributed by atoms with E-state index in [0.29, 0.717) is 11.3 Å². The van der Waals surface area contributed by atoms with Crippen molar-refractivity contribution in [3.8, 4) is 11.5 Å². The summed E-state index contributed by atoms with van der Waals surface area (Å²) in [5, 5.41) is 10.9. The van der Waals surface area contributed by atoms with E-state index in [-0.39, 0.29) is 31.1 Å². The van der Waals surface area contributed by atoms with Gasteiger partial charge in [0.25, 0.3) is 0 Å². The molecule has 0 saturated heterocycles. The van der Waals surface area contributed by atoms with Gasteiger partial charge in [-0.1, -0.05) is 6.92 Å². The molecule has 1 aliphatic rings. The second kappa shape index (κ2) is 8.69. The van der Waals surface area contributed by atoms with Crippen molar-refractivity contribution in [3.63, 3.8) is 0 Å². The number of ether oxygens (including phenoxy) is 2. The molecule has 1 aliphatic heterocycles. The standard InChI is InChI=1S/C19H28F3NO5S/c1-5-23(29(25,26)6-2)16-14-12-13(27-11-7-10-19(20,21)22)8-9-15(14)28-18(3,4)17(16)24/h8-9,12,16-17,24H,5-7,10-11H2,1-4H3/t16-,17+/m0/s1. The van der Waals surface area contributed by atoms with Crippen LogP contribution in [0.4, 0.5) is 13.2 Å². The molecular weight excluding hydrogens is 411 g/mol. The average Bonchev–Trinajstić information content (AvgIpc) is 2.61. The number of aliphatic hydroxyl groups is 1. The minimum atomic E-state index is -4.25. The minimum absolute atomic E-state index is 0.131. The average molecular weight is 439 g/mol. The highest BCUT2D eigenvalue weighted by atomic mass is 32.2. The molecule has 2 rings (SSSR count). The van der Waals surface area contributed by atoms with Crippen LogP contribution in [0, 0.1) is 0 Å². The van der Waals surface area contributed by atoms with Gasteiger partial charge in [-0.3, -0.25) is 0 Å². The lowest BCUT2D eigenvalue weighted by Crippen LogP contribution is -2.54. The van der Waals surface area contributed by atoms with Crippen molar-refractivity contribution >= 4 is 10.0 Å². The molecular formula is C19H28F3NO5S. The lowest BCUT2D eigenvalue weighted by Gasteiger charge is -2.45. The van der Waals surface area contributed by atoms with Gasteiger partial charge >= 0.3 is 6.18 Å². The van der Waals surface area contributed by atoms with Crippen LogP contribution in [0.1, 0.15) is 52.1 Å². The molecule has 0 amide bonds. The zero-order valence-electron chi connectivity index (χ0n) is 17.0. The Kier molecular flexibility index (Phi) is 7.12. The Hall–Kier alpha value is -1.52. The van der Waals surface area contributed by atoms with Crippen LogP contribution in [0.5, 0.6) is 11.5 Å². The number of alkyl halides is 3. The smallest absolute Gasteiger partial charge is 0.389 e. The third-order valence-corrected chi connectivity index (χ3v) is 6.83. The van der Waals surface area contributed by atoms with Crippen LogP contribution in [-0.2, 0) is 10.0 Å². The first kappa shape index (κ1) is 23.8. The maximum atomic E-state index is 12.6. The van der Waals surface area contributed by atoms with E-state index >= 15 is 0 Å². The summed E-state index contributed by atoms with van der Waals surface area (Å²) in [7, 11) is -3.63. The van der Waals surface area contributed by atoms with Gasteiger partial charge in [0, 0.05) is 18.5 Å². The molecule has 10 heteroatoms. The molecule has 0 saturated carbocycles. The van der Waals surface area contributed by atoms with Gasteiger partial charge in [0.2, 0.25) is 10.0 Å². The van der Waals surface area contributed by atoms with Crippen LogP contribution in [-0.4, -0.2) is 54.6 Å². The van der Waals surface area contributed by atoms with Crippen molar-refractivity contribution in [2.45, 2.75) is 64.5 Å². The number of halogens is 3. The Labute approximate surface area is 169 Å². The largest absolute Gasteiger partial charge is 0.494 e. The predicted molar refractivity (Wildman–Crippen MR) is 103 cm³/mol. The van der Waals surface area contributed by atoms with Gasteiger partial charge in [0.05, 0.1) is 18.4 Å². The summed E-state index contributed by atoms with van der Waals surface area (Å²) in [5.41, 5.74) is -0.618. The zero-order chi connectivity index (χ0) is 22.0. The number of aliphatic hydroxyl groups excluding tert-OH is 1. The summed E-state index contributed by atoms with van der Waals surface area (Å²) in [6.07, 6.45) is -6.54. The number of nitrogens with zero attached hydrogens (tertiary/aromatic N) is 1. The molecule has 0 fully saturated rings. The van der Waals surface area contributed by atoms with E-state index in [0.717, 1.165) is 0 Å². The quantitative estimate of drug-likeness (QED) is 0.626. The number of hydrogen-bond donors (Lipinski definition) is 1. The maximum Gasteiger partial charge on any atom is 0.389 e. The first-order valence-electron chi connectivity index (χ1n) is 9.52. The molecule has 0 bridgehead atoms. The van der Waals surface area contributed by atoms with E-state index in [1.807, 2.05) is 0 Å². The molecule has 0 aromatic heterocycles. The van der Waals surface area contributed by atoms with E-state index in [1.54, 1.807) is 32.9 Å². The summed E-state index contributed by atoms with van der Waals surface area (Å²) in [5.74, 6) is 0.558. The molecule has 0 radical (unpaired) electrons. The van der Waals surface area contributed by atoms with Crippen molar-refractivity contribution in [2.24, 2.45) is 0 Å². The van der Waals surface area contributed by atoms with E-state index in [9.17, 15) is 26.7 Å². The first-order chi connectivity index (χ1) is 13.3. The van der Waals surface area contributed by atoms with Gasteiger partial charge in [-0.25, -0.2) is 8.42 Å². The summed E-state index contributed by atoms with van der Waals surface area (Å²) in [6, 6.07) is 3.77. The lowest BCUT2D eigenvalue weighted by atomic mass is 9.86. The highest BCUT2D eigenvalue weighted by molar-refractivity contribution is 7.89. The Morgan fingerprint density at radius 3 is 2.48 bits per heavy atom. The minimum Gasteiger partial charge on any atom is -0.494 e. The molecule has 2 atom stereocenters. The van der Waals surface area contributed by atoms with Crippen LogP contribution in [0.3, 0.4) is 0 Å². The maximum absolute atomic E-state index is 12.6. The molecule has 6 nitrogen and oxygen atoms in total. The van der Waals surface area contributed by atoms with Gasteiger partial charge in [0.1, 0.15) is 23.2 Å². The number of fused-ring (bicyclic) bond motifs is 1. The fraction of sp³-hybridized carbons (Fsp3) is 0.684. The van der Waals surface area contributed by atoms with E-state index in [2.05, 4.69) is 0 Å². The third kappa shape index (κ3) is 5.55. The molecule has 0 spiro atoms. The van der Waals surface area contributed by atoms with E-state index in [4.69, 9.17) is 9.47 Å². The van der Waals surface area contributed by atoms with Crippen LogP contribution in [0.25, 0.3) is 0 Å². The van der Waals surface area contributed by atoms with Crippen molar-refractivity contribution in [2.75, 3.05) is 18.9 Å². The Morgan fingerprint density at radius 2 is 1.93 bits per heavy atom. The van der Waals surface area contributed by atoms with Crippen LogP contribution in [0.2, 0.25) is 0 Å². The van der Waals surface area contributed by atoms with Crippen LogP contribution < -0.4 is 9.47 Å². The highest BCUT2D eigenvalue weighted by Gasteiger charge is 2.47. The first-order valence-corrected chi connectivity index (χ1v) is 11.1. The number of rotatable bonds is 8. The number of likely N-dealkylation sites (N-methyl/N-ethyl adjacent to an activating group) is 1. The summed E-state index contributed by atoms with van der Waals surface area (Å²) in [4.78, 5) is 0. The van der Waals surface area contributed by atoms with Gasteiger partial charge in [-0.05, 0) is 45.4 Å². The molecule has 0 aliphatic carbocycles. The fourth-order valence-corrected chi connectivity index (χ4v) is 4.64. The van der Waals surface area contributed by atoms with E-state index in [1.165, 1.54) is 17.3 Å². The number of benzene rings is 1. The second-order valence-electron chi connectivity index (χ2n) is 7.47. The Bertz CT molecular complexity index is 811. The van der Waals surface area contributed by atoms with Crippen molar-refractivity contribution < 1.29 is 36.2 Å². The highest BCUT2D eigenvalue weighted by Crippen LogP contribution is 2.45. The van der Waals surface area contributed by atoms with Gasteiger partial charge in [-0.15, -0.1) is 0 Å². The molecule has 1 aromatic carbocycles. The molecule has 166 valence electrons. The zero-order valence-corrected chi connectivity index (χ0v) is 17.8. The van der Waals surface area contributed by atoms with Crippen molar-refractivity contribution in [3.05, 3.63) is 23.8 Å². The van der Waals surface area contributed by atoms with Crippen LogP contribution in [0.15, 0.2) is 18.2 Å². The normalized spacial score (nSPS) is 21.6. The Balaban J connectivity index is 2.36. The topological polar surface area (TPSA) is 76.1 Å².